The van der Waals surface area contributed by atoms with E-state index in [4.69, 9.17) is 5.26 Å². The Hall–Kier alpha value is -2.83. The highest BCUT2D eigenvalue weighted by Gasteiger charge is 2.23. The van der Waals surface area contributed by atoms with E-state index < -0.39 is 22.5 Å². The van der Waals surface area contributed by atoms with Gasteiger partial charge in [0.1, 0.15) is 5.82 Å². The SMILES string of the molecule is C[C@@H](CNS(=O)(=O)c1cccc(C#N)c1)c1nc2ccccc2n1C(F)F. The molecule has 1 N–H and O–H groups in total. The van der Waals surface area contributed by atoms with Gasteiger partial charge in [-0.25, -0.2) is 18.1 Å². The Morgan fingerprint density at radius 2 is 1.96 bits per heavy atom. The summed E-state index contributed by atoms with van der Waals surface area (Å²) in [4.78, 5) is 4.18. The van der Waals surface area contributed by atoms with Crippen LogP contribution < -0.4 is 4.72 Å². The third-order valence-electron chi connectivity index (χ3n) is 4.11. The monoisotopic (exact) mass is 390 g/mol. The van der Waals surface area contributed by atoms with Crippen LogP contribution in [-0.4, -0.2) is 24.5 Å². The number of imidazole rings is 1. The first kappa shape index (κ1) is 18.9. The lowest BCUT2D eigenvalue weighted by Gasteiger charge is -2.15. The molecule has 2 aromatic carbocycles. The van der Waals surface area contributed by atoms with Gasteiger partial charge in [0.25, 0.3) is 0 Å². The number of nitrogens with one attached hydrogen (secondary N) is 1. The quantitative estimate of drug-likeness (QED) is 0.699. The van der Waals surface area contributed by atoms with Crippen molar-refractivity contribution in [1.29, 1.82) is 5.26 Å². The minimum absolute atomic E-state index is 0.0592. The average Bonchev–Trinajstić information content (AvgIpc) is 3.06. The summed E-state index contributed by atoms with van der Waals surface area (Å²) in [6, 6.07) is 14.0. The molecule has 1 aromatic heterocycles. The highest BCUT2D eigenvalue weighted by Crippen LogP contribution is 2.27. The molecule has 0 spiro atoms. The summed E-state index contributed by atoms with van der Waals surface area (Å²) in [7, 11) is -3.88. The van der Waals surface area contributed by atoms with Gasteiger partial charge in [0.15, 0.2) is 0 Å². The maximum absolute atomic E-state index is 13.5. The zero-order chi connectivity index (χ0) is 19.6. The fraction of sp³-hybridized carbons (Fsp3) is 0.222. The lowest BCUT2D eigenvalue weighted by molar-refractivity contribution is 0.0705. The molecule has 3 aromatic rings. The molecule has 3 rings (SSSR count). The topological polar surface area (TPSA) is 87.8 Å². The largest absolute Gasteiger partial charge is 0.320 e. The summed E-state index contributed by atoms with van der Waals surface area (Å²) in [6.07, 6.45) is 0. The van der Waals surface area contributed by atoms with Crippen LogP contribution in [0.25, 0.3) is 11.0 Å². The number of rotatable bonds is 6. The zero-order valence-corrected chi connectivity index (χ0v) is 15.1. The molecule has 0 aliphatic carbocycles. The Morgan fingerprint density at radius 3 is 2.67 bits per heavy atom. The number of alkyl halides is 2. The summed E-state index contributed by atoms with van der Waals surface area (Å²) in [5.74, 6) is -0.500. The molecule has 0 fully saturated rings. The van der Waals surface area contributed by atoms with Gasteiger partial charge in [0, 0.05) is 12.5 Å². The van der Waals surface area contributed by atoms with E-state index in [0.29, 0.717) is 11.0 Å². The lowest BCUT2D eigenvalue weighted by atomic mass is 10.2. The molecule has 140 valence electrons. The molecule has 1 atom stereocenters. The molecule has 9 heteroatoms. The van der Waals surface area contributed by atoms with Crippen molar-refractivity contribution in [2.45, 2.75) is 24.3 Å². The summed E-state index contributed by atoms with van der Waals surface area (Å²) >= 11 is 0. The van der Waals surface area contributed by atoms with E-state index in [2.05, 4.69) is 9.71 Å². The molecule has 0 radical (unpaired) electrons. The molecule has 0 aliphatic rings. The number of para-hydroxylation sites is 2. The van der Waals surface area contributed by atoms with Crippen molar-refractivity contribution >= 4 is 21.1 Å². The summed E-state index contributed by atoms with van der Waals surface area (Å²) in [5.41, 5.74) is 0.925. The van der Waals surface area contributed by atoms with Gasteiger partial charge in [-0.1, -0.05) is 25.1 Å². The summed E-state index contributed by atoms with van der Waals surface area (Å²) < 4.78 is 55.1. The van der Waals surface area contributed by atoms with Crippen LogP contribution in [0.2, 0.25) is 0 Å². The van der Waals surface area contributed by atoms with E-state index in [1.54, 1.807) is 31.2 Å². The van der Waals surface area contributed by atoms with Crippen molar-refractivity contribution in [3.05, 3.63) is 59.9 Å². The number of hydrogen-bond acceptors (Lipinski definition) is 4. The minimum atomic E-state index is -3.88. The number of aromatic nitrogens is 2. The molecular formula is C18H16F2N4O2S. The van der Waals surface area contributed by atoms with Crippen LogP contribution in [0.1, 0.15) is 30.8 Å². The minimum Gasteiger partial charge on any atom is -0.270 e. The Balaban J connectivity index is 1.86. The molecule has 0 unspecified atom stereocenters. The zero-order valence-electron chi connectivity index (χ0n) is 14.3. The van der Waals surface area contributed by atoms with Gasteiger partial charge in [-0.05, 0) is 30.3 Å². The van der Waals surface area contributed by atoms with E-state index in [1.165, 1.54) is 24.3 Å². The first-order valence-corrected chi connectivity index (χ1v) is 9.56. The fourth-order valence-electron chi connectivity index (χ4n) is 2.76. The van der Waals surface area contributed by atoms with Gasteiger partial charge in [-0.15, -0.1) is 0 Å². The Labute approximate surface area is 155 Å². The molecule has 6 nitrogen and oxygen atoms in total. The summed E-state index contributed by atoms with van der Waals surface area (Å²) in [6.45, 7) is -1.29. The summed E-state index contributed by atoms with van der Waals surface area (Å²) in [5, 5.41) is 8.90. The van der Waals surface area contributed by atoms with Crippen LogP contribution in [0.3, 0.4) is 0 Å². The second-order valence-electron chi connectivity index (χ2n) is 6.00. The first-order valence-electron chi connectivity index (χ1n) is 8.08. The molecular weight excluding hydrogens is 374 g/mol. The molecule has 0 saturated carbocycles. The number of sulfonamides is 1. The first-order chi connectivity index (χ1) is 12.8. The molecule has 1 heterocycles. The van der Waals surface area contributed by atoms with Gasteiger partial charge < -0.3 is 0 Å². The Morgan fingerprint density at radius 1 is 1.22 bits per heavy atom. The predicted octanol–water partition coefficient (Wildman–Crippen LogP) is 3.39. The standard InChI is InChI=1S/C18H16F2N4O2S/c1-12(11-22-27(25,26)14-6-4-5-13(9-14)10-21)17-23-15-7-2-3-8-16(15)24(17)18(19)20/h2-9,12,18,22H,11H2,1H3/t12-/m0/s1. The Kier molecular flexibility index (Phi) is 5.21. The van der Waals surface area contributed by atoms with Crippen LogP contribution >= 0.6 is 0 Å². The molecule has 27 heavy (non-hydrogen) atoms. The third-order valence-corrected chi connectivity index (χ3v) is 5.53. The maximum Gasteiger partial charge on any atom is 0.320 e. The van der Waals surface area contributed by atoms with E-state index in [1.807, 2.05) is 6.07 Å². The normalized spacial score (nSPS) is 13.0. The molecule has 0 saturated heterocycles. The van der Waals surface area contributed by atoms with Gasteiger partial charge in [-0.3, -0.25) is 4.57 Å². The van der Waals surface area contributed by atoms with Gasteiger partial charge in [-0.2, -0.15) is 14.0 Å². The van der Waals surface area contributed by atoms with Crippen LogP contribution in [0.15, 0.2) is 53.4 Å². The number of nitrogens with zero attached hydrogens (tertiary/aromatic N) is 3. The number of halogens is 2. The van der Waals surface area contributed by atoms with E-state index in [-0.39, 0.29) is 22.8 Å². The van der Waals surface area contributed by atoms with Crippen molar-refractivity contribution in [3.63, 3.8) is 0 Å². The average molecular weight is 390 g/mol. The number of benzene rings is 2. The second-order valence-corrected chi connectivity index (χ2v) is 7.77. The molecule has 0 aliphatic heterocycles. The number of fused-ring (bicyclic) bond motifs is 1. The third kappa shape index (κ3) is 3.82. The highest BCUT2D eigenvalue weighted by molar-refractivity contribution is 7.89. The second kappa shape index (κ2) is 7.42. The van der Waals surface area contributed by atoms with Crippen molar-refractivity contribution < 1.29 is 17.2 Å². The van der Waals surface area contributed by atoms with Gasteiger partial charge in [0.2, 0.25) is 10.0 Å². The van der Waals surface area contributed by atoms with Crippen LogP contribution in [0, 0.1) is 11.3 Å². The fourth-order valence-corrected chi connectivity index (χ4v) is 3.93. The molecule has 0 bridgehead atoms. The number of hydrogen-bond donors (Lipinski definition) is 1. The Bertz CT molecular complexity index is 1120. The van der Waals surface area contributed by atoms with Gasteiger partial charge >= 0.3 is 6.55 Å². The van der Waals surface area contributed by atoms with E-state index >= 15 is 0 Å². The van der Waals surface area contributed by atoms with Crippen molar-refractivity contribution in [2.75, 3.05) is 6.54 Å². The van der Waals surface area contributed by atoms with E-state index in [0.717, 1.165) is 4.57 Å². The van der Waals surface area contributed by atoms with Gasteiger partial charge in [0.05, 0.1) is 27.6 Å². The number of nitriles is 1. The maximum atomic E-state index is 13.5. The van der Waals surface area contributed by atoms with Crippen molar-refractivity contribution in [1.82, 2.24) is 14.3 Å². The lowest BCUT2D eigenvalue weighted by Crippen LogP contribution is -2.29. The van der Waals surface area contributed by atoms with Crippen molar-refractivity contribution in [2.24, 2.45) is 0 Å². The van der Waals surface area contributed by atoms with Crippen molar-refractivity contribution in [3.8, 4) is 6.07 Å². The molecule has 0 amide bonds. The van der Waals surface area contributed by atoms with Crippen LogP contribution in [0.5, 0.6) is 0 Å². The van der Waals surface area contributed by atoms with Crippen LogP contribution in [-0.2, 0) is 10.0 Å². The van der Waals surface area contributed by atoms with E-state index in [9.17, 15) is 17.2 Å². The smallest absolute Gasteiger partial charge is 0.270 e. The van der Waals surface area contributed by atoms with Crippen LogP contribution in [0.4, 0.5) is 8.78 Å². The predicted molar refractivity (Wildman–Crippen MR) is 95.7 cm³/mol. The highest BCUT2D eigenvalue weighted by atomic mass is 32.2.